The molecular weight excluding hydrogens is 220 g/mol. The Morgan fingerprint density at radius 2 is 1.17 bits per heavy atom. The average molecular weight is 265 g/mol. The van der Waals surface area contributed by atoms with Gasteiger partial charge in [-0.1, -0.05) is 61.1 Å². The predicted octanol–water partition coefficient (Wildman–Crippen LogP) is 6.97. The summed E-state index contributed by atoms with van der Waals surface area (Å²) in [5, 5.41) is 0. The van der Waals surface area contributed by atoms with E-state index in [4.69, 9.17) is 4.74 Å². The molecule has 0 aliphatic rings. The summed E-state index contributed by atoms with van der Waals surface area (Å²) in [7, 11) is 1.70. The van der Waals surface area contributed by atoms with Crippen molar-refractivity contribution >= 4 is 0 Å². The first-order chi connectivity index (χ1) is 6.81. The van der Waals surface area contributed by atoms with Crippen LogP contribution in [0, 0.1) is 5.92 Å². The van der Waals surface area contributed by atoms with Gasteiger partial charge in [-0.25, -0.2) is 0 Å². The van der Waals surface area contributed by atoms with Gasteiger partial charge in [-0.15, -0.1) is 0 Å². The van der Waals surface area contributed by atoms with Gasteiger partial charge in [-0.05, 0) is 40.5 Å². The molecule has 0 saturated carbocycles. The summed E-state index contributed by atoms with van der Waals surface area (Å²) in [6, 6.07) is 0. The van der Waals surface area contributed by atoms with Crippen molar-refractivity contribution in [3.63, 3.8) is 0 Å². The van der Waals surface area contributed by atoms with E-state index in [-0.39, 0.29) is 22.3 Å². The number of methoxy groups -OCH3 is 1. The van der Waals surface area contributed by atoms with Gasteiger partial charge >= 0.3 is 0 Å². The molecule has 0 aromatic heterocycles. The first-order valence-corrected chi connectivity index (χ1v) is 5.93. The van der Waals surface area contributed by atoms with Crippen molar-refractivity contribution < 1.29 is 4.74 Å². The van der Waals surface area contributed by atoms with E-state index in [1.807, 2.05) is 20.8 Å². The monoisotopic (exact) mass is 264 g/mol. The van der Waals surface area contributed by atoms with Gasteiger partial charge in [-0.3, -0.25) is 0 Å². The molecule has 0 bridgehead atoms. The third-order valence-electron chi connectivity index (χ3n) is 1.87. The minimum absolute atomic E-state index is 0. The third kappa shape index (κ3) is 104. The maximum absolute atomic E-state index is 4.75. The fourth-order valence-electron chi connectivity index (χ4n) is 0. The van der Waals surface area contributed by atoms with Crippen molar-refractivity contribution in [3.8, 4) is 0 Å². The number of allylic oxidation sites excluding steroid dienone is 2. The Labute approximate surface area is 120 Å². The van der Waals surface area contributed by atoms with Crippen LogP contribution in [0.5, 0.6) is 0 Å². The minimum atomic E-state index is 0. The van der Waals surface area contributed by atoms with Crippen LogP contribution >= 0.6 is 0 Å². The summed E-state index contributed by atoms with van der Waals surface area (Å²) in [5.41, 5.74) is 1.38. The van der Waals surface area contributed by atoms with E-state index in [2.05, 4.69) is 40.7 Å². The summed E-state index contributed by atoms with van der Waals surface area (Å²) in [6.45, 7) is 16.8. The lowest BCUT2D eigenvalue weighted by atomic mass is 10.2. The number of rotatable bonds is 2. The van der Waals surface area contributed by atoms with Crippen molar-refractivity contribution in [3.05, 3.63) is 11.6 Å². The van der Waals surface area contributed by atoms with Crippen LogP contribution in [0.4, 0.5) is 0 Å². The Balaban J connectivity index is -0.0000000277. The van der Waals surface area contributed by atoms with Crippen LogP contribution in [-0.2, 0) is 4.74 Å². The molecule has 0 radical (unpaired) electrons. The second-order valence-corrected chi connectivity index (χ2v) is 4.45. The molecule has 0 unspecified atom stereocenters. The normalized spacial score (nSPS) is 7.28. The fourth-order valence-corrected chi connectivity index (χ4v) is 0. The zero-order valence-corrected chi connectivity index (χ0v) is 12.3. The topological polar surface area (TPSA) is 9.23 Å². The van der Waals surface area contributed by atoms with Crippen LogP contribution in [0.15, 0.2) is 11.6 Å². The second-order valence-electron chi connectivity index (χ2n) is 4.45. The molecule has 0 fully saturated rings. The fraction of sp³-hybridized carbons (Fsp3) is 0.882. The summed E-state index contributed by atoms with van der Waals surface area (Å²) >= 11 is 0. The quantitative estimate of drug-likeness (QED) is 0.489. The van der Waals surface area contributed by atoms with Gasteiger partial charge in [0.1, 0.15) is 0 Å². The largest absolute Gasteiger partial charge is 0.382 e. The first-order valence-electron chi connectivity index (χ1n) is 5.93. The molecule has 0 N–H and O–H groups in total. The summed E-state index contributed by atoms with van der Waals surface area (Å²) < 4.78 is 4.75. The van der Waals surface area contributed by atoms with Crippen LogP contribution in [0.2, 0.25) is 0 Å². The number of ether oxygens (including phenoxy) is 1. The van der Waals surface area contributed by atoms with Crippen LogP contribution in [0.1, 0.15) is 84.1 Å². The molecule has 0 amide bonds. The van der Waals surface area contributed by atoms with Crippen molar-refractivity contribution in [2.75, 3.05) is 7.11 Å². The van der Waals surface area contributed by atoms with Crippen molar-refractivity contribution in [2.24, 2.45) is 5.92 Å². The Bertz CT molecular complexity index is 112. The molecule has 0 aliphatic carbocycles. The van der Waals surface area contributed by atoms with Gasteiger partial charge in [0.05, 0.1) is 6.10 Å². The molecule has 0 atom stereocenters. The highest BCUT2D eigenvalue weighted by molar-refractivity contribution is 4.88. The Hall–Kier alpha value is -0.300. The Kier molecular flexibility index (Phi) is 60.2. The molecule has 0 heterocycles. The lowest BCUT2D eigenvalue weighted by Gasteiger charge is -1.94. The zero-order valence-electron chi connectivity index (χ0n) is 12.3. The van der Waals surface area contributed by atoms with Gasteiger partial charge in [0.2, 0.25) is 0 Å². The van der Waals surface area contributed by atoms with Gasteiger partial charge < -0.3 is 4.74 Å². The van der Waals surface area contributed by atoms with Gasteiger partial charge in [0.25, 0.3) is 0 Å². The van der Waals surface area contributed by atoms with E-state index >= 15 is 0 Å². The van der Waals surface area contributed by atoms with Crippen LogP contribution in [0.25, 0.3) is 0 Å². The van der Waals surface area contributed by atoms with Crippen molar-refractivity contribution in [1.29, 1.82) is 0 Å². The lowest BCUT2D eigenvalue weighted by molar-refractivity contribution is 0.134. The summed E-state index contributed by atoms with van der Waals surface area (Å²) in [6.07, 6.45) is 3.77. The van der Waals surface area contributed by atoms with Crippen LogP contribution in [0.3, 0.4) is 0 Å². The van der Waals surface area contributed by atoms with Crippen LogP contribution in [-0.4, -0.2) is 13.2 Å². The van der Waals surface area contributed by atoms with Crippen molar-refractivity contribution in [1.82, 2.24) is 0 Å². The van der Waals surface area contributed by atoms with E-state index < -0.39 is 0 Å². The summed E-state index contributed by atoms with van der Waals surface area (Å²) in [5.74, 6) is 0.884. The van der Waals surface area contributed by atoms with E-state index in [1.54, 1.807) is 7.11 Å². The molecular formula is C17H44O. The zero-order chi connectivity index (χ0) is 12.9. The highest BCUT2D eigenvalue weighted by Gasteiger charge is 1.80. The highest BCUT2D eigenvalue weighted by atomic mass is 16.5. The third-order valence-corrected chi connectivity index (χ3v) is 1.87. The predicted molar refractivity (Wildman–Crippen MR) is 92.6 cm³/mol. The SMILES string of the molecule is C.C.C.CC=C(C)C.CCC(C)C.COC(C)C. The van der Waals surface area contributed by atoms with E-state index in [0.717, 1.165) is 5.92 Å². The molecule has 118 valence electrons. The lowest BCUT2D eigenvalue weighted by Crippen LogP contribution is -1.94. The van der Waals surface area contributed by atoms with Gasteiger partial charge in [-0.2, -0.15) is 0 Å². The standard InChI is InChI=1S/C5H12.C5H10.C4H10O.3CH4/c2*1-4-5(2)3;1-4(2)5-3;;;/h5H,4H2,1-3H3;2*4H,1-3H3;3*1H4. The minimum Gasteiger partial charge on any atom is -0.382 e. The van der Waals surface area contributed by atoms with E-state index in [9.17, 15) is 0 Å². The maximum Gasteiger partial charge on any atom is 0.0515 e. The molecule has 0 aromatic rings. The Morgan fingerprint density at radius 1 is 1.00 bits per heavy atom. The smallest absolute Gasteiger partial charge is 0.0515 e. The highest BCUT2D eigenvalue weighted by Crippen LogP contribution is 1.93. The molecule has 1 nitrogen and oxygen atoms in total. The first kappa shape index (κ1) is 36.1. The van der Waals surface area contributed by atoms with Gasteiger partial charge in [0.15, 0.2) is 0 Å². The molecule has 0 saturated heterocycles. The molecule has 0 spiro atoms. The van der Waals surface area contributed by atoms with E-state index in [0.29, 0.717) is 6.10 Å². The number of hydrogen-bond donors (Lipinski definition) is 0. The maximum atomic E-state index is 4.75. The number of hydrogen-bond acceptors (Lipinski definition) is 1. The molecule has 18 heavy (non-hydrogen) atoms. The van der Waals surface area contributed by atoms with Gasteiger partial charge in [0, 0.05) is 7.11 Å². The summed E-state index contributed by atoms with van der Waals surface area (Å²) in [4.78, 5) is 0. The molecule has 0 aliphatic heterocycles. The molecule has 0 aromatic carbocycles. The second kappa shape index (κ2) is 30.1. The molecule has 0 rings (SSSR count). The average Bonchev–Trinajstić information content (AvgIpc) is 2.19. The van der Waals surface area contributed by atoms with Crippen molar-refractivity contribution in [2.45, 2.75) is 90.2 Å². The molecule has 1 heteroatoms. The van der Waals surface area contributed by atoms with Crippen LogP contribution < -0.4 is 0 Å². The van der Waals surface area contributed by atoms with E-state index in [1.165, 1.54) is 12.0 Å². The Morgan fingerprint density at radius 3 is 1.17 bits per heavy atom.